The molecule has 7 nitrogen and oxygen atoms in total. The van der Waals surface area contributed by atoms with Gasteiger partial charge in [-0.05, 0) is 48.9 Å². The average molecular weight is 419 g/mol. The van der Waals surface area contributed by atoms with Crippen molar-refractivity contribution < 1.29 is 29.0 Å². The van der Waals surface area contributed by atoms with Crippen LogP contribution in [0.15, 0.2) is 76.9 Å². The number of aliphatic hydroxyl groups is 1. The Kier molecular flexibility index (Phi) is 5.49. The fraction of sp³-hybridized carbons (Fsp3) is 0.167. The van der Waals surface area contributed by atoms with Crippen LogP contribution in [0, 0.1) is 0 Å². The van der Waals surface area contributed by atoms with E-state index >= 15 is 0 Å². The second kappa shape index (κ2) is 8.39. The second-order valence-corrected chi connectivity index (χ2v) is 7.06. The van der Waals surface area contributed by atoms with Gasteiger partial charge in [-0.25, -0.2) is 0 Å². The Bertz CT molecular complexity index is 1130. The number of carbonyl (C=O) groups excluding carboxylic acids is 2. The molecule has 0 spiro atoms. The van der Waals surface area contributed by atoms with E-state index in [0.29, 0.717) is 29.2 Å². The van der Waals surface area contributed by atoms with E-state index in [1.165, 1.54) is 23.3 Å². The first-order valence-corrected chi connectivity index (χ1v) is 9.82. The highest BCUT2D eigenvalue weighted by atomic mass is 16.5. The largest absolute Gasteiger partial charge is 0.508 e. The van der Waals surface area contributed by atoms with Gasteiger partial charge in [0.25, 0.3) is 11.7 Å². The molecule has 0 aliphatic carbocycles. The molecule has 4 rings (SSSR count). The predicted molar refractivity (Wildman–Crippen MR) is 112 cm³/mol. The minimum absolute atomic E-state index is 0.0316. The molecule has 1 saturated heterocycles. The lowest BCUT2D eigenvalue weighted by molar-refractivity contribution is -0.140. The zero-order valence-corrected chi connectivity index (χ0v) is 16.8. The van der Waals surface area contributed by atoms with E-state index in [-0.39, 0.29) is 23.6 Å². The summed E-state index contributed by atoms with van der Waals surface area (Å²) in [6, 6.07) is 15.4. The Morgan fingerprint density at radius 1 is 1.10 bits per heavy atom. The zero-order valence-electron chi connectivity index (χ0n) is 16.8. The van der Waals surface area contributed by atoms with Crippen LogP contribution in [-0.4, -0.2) is 33.4 Å². The summed E-state index contributed by atoms with van der Waals surface area (Å²) in [6.07, 6.45) is 1.49. The Morgan fingerprint density at radius 2 is 1.87 bits per heavy atom. The molecule has 1 fully saturated rings. The number of amides is 1. The minimum atomic E-state index is -0.846. The summed E-state index contributed by atoms with van der Waals surface area (Å²) in [4.78, 5) is 27.3. The van der Waals surface area contributed by atoms with Crippen molar-refractivity contribution in [2.24, 2.45) is 0 Å². The van der Waals surface area contributed by atoms with Crippen molar-refractivity contribution in [2.75, 3.05) is 6.61 Å². The first-order valence-electron chi connectivity index (χ1n) is 9.82. The highest BCUT2D eigenvalue weighted by Crippen LogP contribution is 2.41. The van der Waals surface area contributed by atoms with Gasteiger partial charge in [-0.2, -0.15) is 0 Å². The van der Waals surface area contributed by atoms with Crippen LogP contribution in [-0.2, 0) is 16.1 Å². The van der Waals surface area contributed by atoms with Gasteiger partial charge in [0.05, 0.1) is 31.0 Å². The van der Waals surface area contributed by atoms with E-state index in [1.54, 1.807) is 48.5 Å². The molecule has 1 aromatic heterocycles. The normalized spacial score (nSPS) is 17.8. The predicted octanol–water partition coefficient (Wildman–Crippen LogP) is 4.01. The van der Waals surface area contributed by atoms with E-state index < -0.39 is 17.7 Å². The molecule has 2 heterocycles. The quantitative estimate of drug-likeness (QED) is 0.356. The average Bonchev–Trinajstić information content (AvgIpc) is 3.37. The van der Waals surface area contributed by atoms with E-state index in [2.05, 4.69) is 0 Å². The van der Waals surface area contributed by atoms with Crippen LogP contribution >= 0.6 is 0 Å². The van der Waals surface area contributed by atoms with Gasteiger partial charge in [0.2, 0.25) is 0 Å². The smallest absolute Gasteiger partial charge is 0.296 e. The van der Waals surface area contributed by atoms with Crippen molar-refractivity contribution in [3.8, 4) is 11.5 Å². The molecule has 1 amide bonds. The summed E-state index contributed by atoms with van der Waals surface area (Å²) >= 11 is 0. The van der Waals surface area contributed by atoms with Gasteiger partial charge in [-0.15, -0.1) is 0 Å². The fourth-order valence-corrected chi connectivity index (χ4v) is 3.67. The van der Waals surface area contributed by atoms with Crippen LogP contribution in [0.5, 0.6) is 11.5 Å². The Morgan fingerprint density at radius 3 is 2.55 bits per heavy atom. The summed E-state index contributed by atoms with van der Waals surface area (Å²) < 4.78 is 10.9. The number of carbonyl (C=O) groups is 2. The van der Waals surface area contributed by atoms with Crippen LogP contribution in [0.2, 0.25) is 0 Å². The molecule has 0 bridgehead atoms. The maximum absolute atomic E-state index is 13.0. The Balaban J connectivity index is 1.84. The number of rotatable bonds is 6. The van der Waals surface area contributed by atoms with Gasteiger partial charge in [0.15, 0.2) is 0 Å². The number of hydrogen-bond acceptors (Lipinski definition) is 6. The second-order valence-electron chi connectivity index (χ2n) is 7.06. The number of phenolic OH excluding ortho intramolecular Hbond substituents is 1. The third-order valence-electron chi connectivity index (χ3n) is 5.07. The van der Waals surface area contributed by atoms with Gasteiger partial charge >= 0.3 is 0 Å². The number of ketones is 1. The molecular formula is C24H21NO6. The van der Waals surface area contributed by atoms with Crippen LogP contribution < -0.4 is 4.74 Å². The minimum Gasteiger partial charge on any atom is -0.508 e. The standard InChI is InChI=1S/C24H21NO6/c1-2-30-18-6-3-5-16(13-18)22(27)20-21(15-8-10-17(26)11-9-15)25(24(29)23(20)28)14-19-7-4-12-31-19/h3-13,21,26-27H,2,14H2,1H3/b22-20+. The van der Waals surface area contributed by atoms with Crippen molar-refractivity contribution in [1.82, 2.24) is 4.90 Å². The van der Waals surface area contributed by atoms with Crippen LogP contribution in [0.25, 0.3) is 5.76 Å². The summed E-state index contributed by atoms with van der Waals surface area (Å²) in [5.41, 5.74) is 0.910. The number of hydrogen-bond donors (Lipinski definition) is 2. The number of furan rings is 1. The van der Waals surface area contributed by atoms with Crippen LogP contribution in [0.1, 0.15) is 29.9 Å². The molecule has 1 unspecified atom stereocenters. The molecule has 1 atom stereocenters. The highest BCUT2D eigenvalue weighted by Gasteiger charge is 2.46. The highest BCUT2D eigenvalue weighted by molar-refractivity contribution is 6.46. The molecule has 31 heavy (non-hydrogen) atoms. The molecule has 2 N–H and O–H groups in total. The molecule has 0 saturated carbocycles. The molecular weight excluding hydrogens is 398 g/mol. The summed E-state index contributed by atoms with van der Waals surface area (Å²) in [7, 11) is 0. The number of aromatic hydroxyl groups is 1. The van der Waals surface area contributed by atoms with Crippen LogP contribution in [0.3, 0.4) is 0 Å². The van der Waals surface area contributed by atoms with E-state index in [1.807, 2.05) is 6.92 Å². The number of benzene rings is 2. The zero-order chi connectivity index (χ0) is 22.0. The topological polar surface area (TPSA) is 100 Å². The first kappa shape index (κ1) is 20.3. The lowest BCUT2D eigenvalue weighted by Crippen LogP contribution is -2.29. The number of phenols is 1. The van der Waals surface area contributed by atoms with Crippen molar-refractivity contribution in [1.29, 1.82) is 0 Å². The molecule has 1 aliphatic heterocycles. The lowest BCUT2D eigenvalue weighted by atomic mass is 9.95. The third-order valence-corrected chi connectivity index (χ3v) is 5.07. The van der Waals surface area contributed by atoms with Gasteiger partial charge in [0, 0.05) is 5.56 Å². The Hall–Kier alpha value is -4.00. The number of likely N-dealkylation sites (tertiary alicyclic amines) is 1. The third kappa shape index (κ3) is 3.90. The molecule has 0 radical (unpaired) electrons. The van der Waals surface area contributed by atoms with E-state index in [9.17, 15) is 19.8 Å². The number of ether oxygens (including phenoxy) is 1. The van der Waals surface area contributed by atoms with Gasteiger partial charge in [-0.3, -0.25) is 9.59 Å². The maximum atomic E-state index is 13.0. The molecule has 1 aliphatic rings. The first-order chi connectivity index (χ1) is 15.0. The summed E-state index contributed by atoms with van der Waals surface area (Å²) in [5.74, 6) is -0.724. The lowest BCUT2D eigenvalue weighted by Gasteiger charge is -2.24. The SMILES string of the molecule is CCOc1cccc(/C(O)=C2\C(=O)C(=O)N(Cc3ccco3)C2c2ccc(O)cc2)c1. The molecule has 158 valence electrons. The van der Waals surface area contributed by atoms with Gasteiger partial charge in [-0.1, -0.05) is 24.3 Å². The van der Waals surface area contributed by atoms with E-state index in [0.717, 1.165) is 0 Å². The summed E-state index contributed by atoms with van der Waals surface area (Å²) in [6.45, 7) is 2.35. The fourth-order valence-electron chi connectivity index (χ4n) is 3.67. The van der Waals surface area contributed by atoms with Crippen molar-refractivity contribution in [3.05, 3.63) is 89.4 Å². The van der Waals surface area contributed by atoms with Crippen molar-refractivity contribution in [3.63, 3.8) is 0 Å². The van der Waals surface area contributed by atoms with E-state index in [4.69, 9.17) is 9.15 Å². The number of aliphatic hydroxyl groups excluding tert-OH is 1. The monoisotopic (exact) mass is 419 g/mol. The molecule has 7 heteroatoms. The number of nitrogens with zero attached hydrogens (tertiary/aromatic N) is 1. The van der Waals surface area contributed by atoms with Gasteiger partial charge < -0.3 is 24.3 Å². The maximum Gasteiger partial charge on any atom is 0.296 e. The van der Waals surface area contributed by atoms with Gasteiger partial charge in [0.1, 0.15) is 23.0 Å². The van der Waals surface area contributed by atoms with Crippen LogP contribution in [0.4, 0.5) is 0 Å². The molecule has 3 aromatic rings. The summed E-state index contributed by atoms with van der Waals surface area (Å²) in [5, 5.41) is 20.8. The van der Waals surface area contributed by atoms with Crippen molar-refractivity contribution >= 4 is 17.4 Å². The van der Waals surface area contributed by atoms with Crippen molar-refractivity contribution in [2.45, 2.75) is 19.5 Å². The molecule has 2 aromatic carbocycles. The number of Topliss-reactive ketones (excluding diaryl/α,β-unsaturated/α-hetero) is 1. The Labute approximate surface area is 178 Å².